The van der Waals surface area contributed by atoms with Gasteiger partial charge >= 0.3 is 6.03 Å². The first-order chi connectivity index (χ1) is 11.7. The van der Waals surface area contributed by atoms with Gasteiger partial charge in [0.1, 0.15) is 0 Å². The van der Waals surface area contributed by atoms with Crippen LogP contribution in [0.25, 0.3) is 0 Å². The second-order valence-electron chi connectivity index (χ2n) is 7.28. The molecule has 0 heterocycles. The van der Waals surface area contributed by atoms with E-state index in [9.17, 15) is 4.79 Å². The Hall–Kier alpha value is -0.730. The van der Waals surface area contributed by atoms with E-state index in [0.717, 1.165) is 25.9 Å². The second-order valence-corrected chi connectivity index (χ2v) is 7.28. The van der Waals surface area contributed by atoms with Gasteiger partial charge in [0.15, 0.2) is 0 Å². The van der Waals surface area contributed by atoms with Crippen LogP contribution in [0.15, 0.2) is 0 Å². The average Bonchev–Trinajstić information content (AvgIpc) is 2.57. The van der Waals surface area contributed by atoms with Crippen LogP contribution in [-0.2, 0) is 0 Å². The Bertz CT molecular complexity index is 269. The largest absolute Gasteiger partial charge is 0.351 e. The first-order valence-corrected chi connectivity index (χ1v) is 10.8. The third-order valence-electron chi connectivity index (χ3n) is 4.87. The molecule has 0 saturated heterocycles. The lowest BCUT2D eigenvalue weighted by atomic mass is 10.1. The van der Waals surface area contributed by atoms with E-state index >= 15 is 0 Å². The van der Waals surface area contributed by atoms with E-state index in [-0.39, 0.29) is 6.03 Å². The SMILES string of the molecule is CCCCCCCCCCCCN(CCCCCCCC)C(N)=O. The van der Waals surface area contributed by atoms with E-state index in [1.165, 1.54) is 89.9 Å². The fourth-order valence-electron chi connectivity index (χ4n) is 3.21. The van der Waals surface area contributed by atoms with Crippen molar-refractivity contribution in [1.29, 1.82) is 0 Å². The van der Waals surface area contributed by atoms with Crippen LogP contribution in [0.4, 0.5) is 4.79 Å². The molecule has 0 aliphatic rings. The normalized spacial score (nSPS) is 10.9. The van der Waals surface area contributed by atoms with Gasteiger partial charge in [-0.3, -0.25) is 0 Å². The first kappa shape index (κ1) is 23.3. The Kier molecular flexibility index (Phi) is 18.0. The van der Waals surface area contributed by atoms with Crippen LogP contribution in [-0.4, -0.2) is 24.0 Å². The van der Waals surface area contributed by atoms with Crippen molar-refractivity contribution < 1.29 is 4.79 Å². The van der Waals surface area contributed by atoms with Crippen molar-refractivity contribution in [2.24, 2.45) is 5.73 Å². The zero-order chi connectivity index (χ0) is 17.9. The smallest absolute Gasteiger partial charge is 0.314 e. The van der Waals surface area contributed by atoms with Gasteiger partial charge in [-0.05, 0) is 12.8 Å². The van der Waals surface area contributed by atoms with Crippen LogP contribution in [0.1, 0.15) is 117 Å². The zero-order valence-electron chi connectivity index (χ0n) is 16.7. The van der Waals surface area contributed by atoms with Crippen LogP contribution in [0.5, 0.6) is 0 Å². The molecule has 0 bridgehead atoms. The van der Waals surface area contributed by atoms with Crippen molar-refractivity contribution in [3.8, 4) is 0 Å². The highest BCUT2D eigenvalue weighted by Gasteiger charge is 2.08. The van der Waals surface area contributed by atoms with Crippen molar-refractivity contribution in [2.75, 3.05) is 13.1 Å². The minimum Gasteiger partial charge on any atom is -0.351 e. The molecule has 3 heteroatoms. The number of carbonyl (C=O) groups is 1. The van der Waals surface area contributed by atoms with Gasteiger partial charge in [0, 0.05) is 13.1 Å². The molecule has 0 fully saturated rings. The molecule has 0 saturated carbocycles. The molecule has 2 amide bonds. The average molecular weight is 341 g/mol. The topological polar surface area (TPSA) is 46.3 Å². The van der Waals surface area contributed by atoms with E-state index in [2.05, 4.69) is 13.8 Å². The molecule has 144 valence electrons. The van der Waals surface area contributed by atoms with E-state index in [4.69, 9.17) is 5.73 Å². The van der Waals surface area contributed by atoms with E-state index in [0.29, 0.717) is 0 Å². The van der Waals surface area contributed by atoms with Crippen molar-refractivity contribution in [1.82, 2.24) is 4.90 Å². The van der Waals surface area contributed by atoms with Gasteiger partial charge in [-0.2, -0.15) is 0 Å². The predicted octanol–water partition coefficient (Wildman–Crippen LogP) is 6.65. The second kappa shape index (κ2) is 18.6. The molecule has 0 unspecified atom stereocenters. The lowest BCUT2D eigenvalue weighted by Gasteiger charge is -2.20. The number of hydrogen-bond acceptors (Lipinski definition) is 1. The first-order valence-electron chi connectivity index (χ1n) is 10.8. The number of unbranched alkanes of at least 4 members (excludes halogenated alkanes) is 14. The lowest BCUT2D eigenvalue weighted by Crippen LogP contribution is -2.37. The van der Waals surface area contributed by atoms with Crippen molar-refractivity contribution in [3.05, 3.63) is 0 Å². The molecule has 0 radical (unpaired) electrons. The van der Waals surface area contributed by atoms with Gasteiger partial charge in [-0.25, -0.2) is 4.79 Å². The highest BCUT2D eigenvalue weighted by molar-refractivity contribution is 5.71. The van der Waals surface area contributed by atoms with Crippen LogP contribution in [0, 0.1) is 0 Å². The summed E-state index contributed by atoms with van der Waals surface area (Å²) < 4.78 is 0. The van der Waals surface area contributed by atoms with Gasteiger partial charge in [0.25, 0.3) is 0 Å². The quantitative estimate of drug-likeness (QED) is 0.279. The van der Waals surface area contributed by atoms with Crippen LogP contribution < -0.4 is 5.73 Å². The molecule has 0 aliphatic carbocycles. The van der Waals surface area contributed by atoms with Crippen molar-refractivity contribution in [2.45, 2.75) is 117 Å². The number of nitrogens with two attached hydrogens (primary N) is 1. The maximum absolute atomic E-state index is 11.5. The van der Waals surface area contributed by atoms with Gasteiger partial charge in [-0.1, -0.05) is 104 Å². The molecule has 0 aromatic rings. The van der Waals surface area contributed by atoms with Crippen molar-refractivity contribution >= 4 is 6.03 Å². The molecular weight excluding hydrogens is 296 g/mol. The minimum atomic E-state index is -0.237. The third-order valence-corrected chi connectivity index (χ3v) is 4.87. The summed E-state index contributed by atoms with van der Waals surface area (Å²) in [6.07, 6.45) is 20.8. The molecule has 3 nitrogen and oxygen atoms in total. The predicted molar refractivity (Wildman–Crippen MR) is 106 cm³/mol. The Balaban J connectivity index is 3.46. The van der Waals surface area contributed by atoms with Gasteiger partial charge in [0.2, 0.25) is 0 Å². The molecule has 24 heavy (non-hydrogen) atoms. The van der Waals surface area contributed by atoms with Gasteiger partial charge < -0.3 is 10.6 Å². The van der Waals surface area contributed by atoms with Gasteiger partial charge in [0.05, 0.1) is 0 Å². The maximum Gasteiger partial charge on any atom is 0.314 e. The monoisotopic (exact) mass is 340 g/mol. The van der Waals surface area contributed by atoms with Crippen LogP contribution >= 0.6 is 0 Å². The summed E-state index contributed by atoms with van der Waals surface area (Å²) in [5.41, 5.74) is 5.51. The van der Waals surface area contributed by atoms with Crippen LogP contribution in [0.2, 0.25) is 0 Å². The highest BCUT2D eigenvalue weighted by Crippen LogP contribution is 2.11. The molecule has 0 atom stereocenters. The number of nitrogens with zero attached hydrogens (tertiary/aromatic N) is 1. The molecule has 0 spiro atoms. The Morgan fingerprint density at radius 3 is 1.17 bits per heavy atom. The van der Waals surface area contributed by atoms with E-state index in [1.54, 1.807) is 0 Å². The number of hydrogen-bond donors (Lipinski definition) is 1. The molecule has 0 aliphatic heterocycles. The lowest BCUT2D eigenvalue weighted by molar-refractivity contribution is 0.204. The summed E-state index contributed by atoms with van der Waals surface area (Å²) in [6.45, 7) is 6.20. The minimum absolute atomic E-state index is 0.237. The fourth-order valence-corrected chi connectivity index (χ4v) is 3.21. The van der Waals surface area contributed by atoms with E-state index in [1.807, 2.05) is 4.90 Å². The third kappa shape index (κ3) is 16.1. The molecular formula is C21H44N2O. The molecule has 0 aromatic carbocycles. The maximum atomic E-state index is 11.5. The Labute approximate surface area is 151 Å². The number of urea groups is 1. The fraction of sp³-hybridized carbons (Fsp3) is 0.952. The highest BCUT2D eigenvalue weighted by atomic mass is 16.2. The summed E-state index contributed by atoms with van der Waals surface area (Å²) in [7, 11) is 0. The molecule has 2 N–H and O–H groups in total. The zero-order valence-corrected chi connectivity index (χ0v) is 16.7. The molecule has 0 rings (SSSR count). The number of primary amides is 1. The number of amides is 2. The summed E-state index contributed by atoms with van der Waals surface area (Å²) in [5.74, 6) is 0. The van der Waals surface area contributed by atoms with E-state index < -0.39 is 0 Å². The van der Waals surface area contributed by atoms with Gasteiger partial charge in [-0.15, -0.1) is 0 Å². The standard InChI is InChI=1S/C21H44N2O/c1-3-5-7-9-11-12-13-14-16-18-20-23(21(22)24)19-17-15-10-8-6-4-2/h3-20H2,1-2H3,(H2,22,24). The Morgan fingerprint density at radius 2 is 0.875 bits per heavy atom. The summed E-state index contributed by atoms with van der Waals surface area (Å²) in [6, 6.07) is -0.237. The van der Waals surface area contributed by atoms with Crippen molar-refractivity contribution in [3.63, 3.8) is 0 Å². The van der Waals surface area contributed by atoms with Crippen LogP contribution in [0.3, 0.4) is 0 Å². The number of carbonyl (C=O) groups excluding carboxylic acids is 1. The Morgan fingerprint density at radius 1 is 0.583 bits per heavy atom. The number of rotatable bonds is 18. The molecule has 0 aromatic heterocycles. The summed E-state index contributed by atoms with van der Waals surface area (Å²) in [4.78, 5) is 13.4. The summed E-state index contributed by atoms with van der Waals surface area (Å²) >= 11 is 0. The summed E-state index contributed by atoms with van der Waals surface area (Å²) in [5, 5.41) is 0.